The van der Waals surface area contributed by atoms with Crippen LogP contribution in [0.15, 0.2) is 42.5 Å². The van der Waals surface area contributed by atoms with E-state index in [1.54, 1.807) is 30.3 Å². The van der Waals surface area contributed by atoms with E-state index in [0.717, 1.165) is 17.4 Å². The van der Waals surface area contributed by atoms with Crippen molar-refractivity contribution in [1.82, 2.24) is 0 Å². The number of benzene rings is 2. The van der Waals surface area contributed by atoms with Crippen LogP contribution in [0.1, 0.15) is 27.0 Å². The molecule has 0 aliphatic carbocycles. The van der Waals surface area contributed by atoms with Crippen molar-refractivity contribution in [3.05, 3.63) is 64.7 Å². The van der Waals surface area contributed by atoms with Crippen molar-refractivity contribution in [2.75, 3.05) is 11.0 Å². The minimum absolute atomic E-state index is 0.0796. The molecule has 0 aromatic heterocycles. The van der Waals surface area contributed by atoms with Crippen LogP contribution >= 0.6 is 0 Å². The third-order valence-electron chi connectivity index (χ3n) is 3.22. The smallest absolute Gasteiger partial charge is 0.229 e. The Morgan fingerprint density at radius 1 is 0.905 bits per heavy atom. The van der Waals surface area contributed by atoms with E-state index < -0.39 is 10.0 Å². The molecule has 0 saturated carbocycles. The minimum Gasteiger partial charge on any atom is -0.289 e. The van der Waals surface area contributed by atoms with Crippen molar-refractivity contribution >= 4 is 21.5 Å². The van der Waals surface area contributed by atoms with Crippen molar-refractivity contribution in [1.29, 1.82) is 0 Å². The summed E-state index contributed by atoms with van der Waals surface area (Å²) in [6.45, 7) is 3.96. The maximum Gasteiger partial charge on any atom is 0.229 e. The lowest BCUT2D eigenvalue weighted by Gasteiger charge is -2.07. The highest BCUT2D eigenvalue weighted by atomic mass is 32.2. The third kappa shape index (κ3) is 3.92. The summed E-state index contributed by atoms with van der Waals surface area (Å²) in [5.74, 6) is -0.0796. The van der Waals surface area contributed by atoms with Gasteiger partial charge < -0.3 is 0 Å². The number of hydrogen-bond acceptors (Lipinski definition) is 3. The van der Waals surface area contributed by atoms with Crippen LogP contribution in [0.25, 0.3) is 0 Å². The van der Waals surface area contributed by atoms with Crippen molar-refractivity contribution < 1.29 is 13.2 Å². The van der Waals surface area contributed by atoms with Crippen molar-refractivity contribution in [2.45, 2.75) is 13.8 Å². The van der Waals surface area contributed by atoms with E-state index in [0.29, 0.717) is 16.8 Å². The van der Waals surface area contributed by atoms with E-state index in [1.807, 2.05) is 26.0 Å². The zero-order valence-corrected chi connectivity index (χ0v) is 13.0. The molecule has 0 amide bonds. The van der Waals surface area contributed by atoms with E-state index >= 15 is 0 Å². The van der Waals surface area contributed by atoms with Gasteiger partial charge in [0, 0.05) is 16.8 Å². The summed E-state index contributed by atoms with van der Waals surface area (Å²) in [5, 5.41) is 0. The molecule has 5 heteroatoms. The summed E-state index contributed by atoms with van der Waals surface area (Å²) >= 11 is 0. The Morgan fingerprint density at radius 3 is 2.00 bits per heavy atom. The summed E-state index contributed by atoms with van der Waals surface area (Å²) in [6.07, 6.45) is 1.08. The second kappa shape index (κ2) is 5.69. The molecular formula is C16H17NO3S. The first-order chi connectivity index (χ1) is 9.76. The van der Waals surface area contributed by atoms with E-state index in [4.69, 9.17) is 0 Å². The standard InChI is InChI=1S/C16H17NO3S/c1-11-4-5-14(10-12(11)2)16(18)13-6-8-15(9-7-13)17-21(3,19)20/h4-10,17H,1-3H3. The second-order valence-electron chi connectivity index (χ2n) is 5.08. The van der Waals surface area contributed by atoms with Gasteiger partial charge in [0.2, 0.25) is 10.0 Å². The van der Waals surface area contributed by atoms with E-state index in [1.165, 1.54) is 0 Å². The Kier molecular flexibility index (Phi) is 4.14. The number of carbonyl (C=O) groups excluding carboxylic acids is 1. The van der Waals surface area contributed by atoms with E-state index in [9.17, 15) is 13.2 Å². The first kappa shape index (κ1) is 15.3. The van der Waals surface area contributed by atoms with E-state index in [2.05, 4.69) is 4.72 Å². The Balaban J connectivity index is 2.25. The third-order valence-corrected chi connectivity index (χ3v) is 3.83. The molecule has 0 unspecified atom stereocenters. The fourth-order valence-electron chi connectivity index (χ4n) is 1.95. The predicted octanol–water partition coefficient (Wildman–Crippen LogP) is 2.91. The highest BCUT2D eigenvalue weighted by Gasteiger charge is 2.10. The molecule has 0 aliphatic heterocycles. The Morgan fingerprint density at radius 2 is 1.48 bits per heavy atom. The molecule has 0 heterocycles. The highest BCUT2D eigenvalue weighted by molar-refractivity contribution is 7.92. The van der Waals surface area contributed by atoms with Gasteiger partial charge in [0.15, 0.2) is 5.78 Å². The van der Waals surface area contributed by atoms with Crippen LogP contribution < -0.4 is 4.72 Å². The number of hydrogen-bond donors (Lipinski definition) is 1. The largest absolute Gasteiger partial charge is 0.289 e. The first-order valence-electron chi connectivity index (χ1n) is 6.46. The number of carbonyl (C=O) groups is 1. The lowest BCUT2D eigenvalue weighted by atomic mass is 9.99. The molecule has 21 heavy (non-hydrogen) atoms. The molecule has 0 saturated heterocycles. The average molecular weight is 303 g/mol. The molecule has 0 spiro atoms. The van der Waals surface area contributed by atoms with Gasteiger partial charge in [-0.15, -0.1) is 0 Å². The van der Waals surface area contributed by atoms with Crippen LogP contribution in [0.2, 0.25) is 0 Å². The average Bonchev–Trinajstić information content (AvgIpc) is 2.40. The van der Waals surface area contributed by atoms with Crippen LogP contribution in [-0.4, -0.2) is 20.5 Å². The number of sulfonamides is 1. The van der Waals surface area contributed by atoms with Gasteiger partial charge in [0.25, 0.3) is 0 Å². The molecular weight excluding hydrogens is 286 g/mol. The van der Waals surface area contributed by atoms with Gasteiger partial charge in [-0.05, 0) is 55.3 Å². The zero-order chi connectivity index (χ0) is 15.6. The minimum atomic E-state index is -3.31. The molecule has 0 aliphatic rings. The molecule has 4 nitrogen and oxygen atoms in total. The summed E-state index contributed by atoms with van der Waals surface area (Å²) in [5.41, 5.74) is 3.80. The zero-order valence-electron chi connectivity index (χ0n) is 12.2. The summed E-state index contributed by atoms with van der Waals surface area (Å²) in [4.78, 5) is 12.4. The topological polar surface area (TPSA) is 63.2 Å². The maximum atomic E-state index is 12.4. The second-order valence-corrected chi connectivity index (χ2v) is 6.83. The van der Waals surface area contributed by atoms with Gasteiger partial charge in [-0.1, -0.05) is 12.1 Å². The molecule has 2 rings (SSSR count). The summed E-state index contributed by atoms with van der Waals surface area (Å²) in [6, 6.07) is 12.0. The van der Waals surface area contributed by atoms with Crippen molar-refractivity contribution in [3.63, 3.8) is 0 Å². The quantitative estimate of drug-likeness (QED) is 0.883. The van der Waals surface area contributed by atoms with Gasteiger partial charge >= 0.3 is 0 Å². The fourth-order valence-corrected chi connectivity index (χ4v) is 2.52. The van der Waals surface area contributed by atoms with Crippen molar-refractivity contribution in [2.24, 2.45) is 0 Å². The highest BCUT2D eigenvalue weighted by Crippen LogP contribution is 2.17. The normalized spacial score (nSPS) is 11.2. The Bertz CT molecular complexity index is 778. The fraction of sp³-hybridized carbons (Fsp3) is 0.188. The molecule has 0 atom stereocenters. The SMILES string of the molecule is Cc1ccc(C(=O)c2ccc(NS(C)(=O)=O)cc2)cc1C. The van der Waals surface area contributed by atoms with Crippen LogP contribution in [0.3, 0.4) is 0 Å². The van der Waals surface area contributed by atoms with Gasteiger partial charge in [0.1, 0.15) is 0 Å². The van der Waals surface area contributed by atoms with Crippen LogP contribution in [0.5, 0.6) is 0 Å². The van der Waals surface area contributed by atoms with Gasteiger partial charge in [-0.2, -0.15) is 0 Å². The number of rotatable bonds is 4. The van der Waals surface area contributed by atoms with Crippen molar-refractivity contribution in [3.8, 4) is 0 Å². The van der Waals surface area contributed by atoms with Crippen LogP contribution in [-0.2, 0) is 10.0 Å². The lowest BCUT2D eigenvalue weighted by Crippen LogP contribution is -2.09. The predicted molar refractivity (Wildman–Crippen MR) is 84.3 cm³/mol. The van der Waals surface area contributed by atoms with Gasteiger partial charge in [0.05, 0.1) is 6.26 Å². The molecule has 0 fully saturated rings. The number of ketones is 1. The number of anilines is 1. The molecule has 1 N–H and O–H groups in total. The molecule has 0 radical (unpaired) electrons. The molecule has 110 valence electrons. The summed E-state index contributed by atoms with van der Waals surface area (Å²) < 4.78 is 24.6. The summed E-state index contributed by atoms with van der Waals surface area (Å²) in [7, 11) is -3.31. The number of aryl methyl sites for hydroxylation is 2. The molecule has 2 aromatic carbocycles. The Hall–Kier alpha value is -2.14. The molecule has 2 aromatic rings. The van der Waals surface area contributed by atoms with Crippen LogP contribution in [0.4, 0.5) is 5.69 Å². The van der Waals surface area contributed by atoms with E-state index in [-0.39, 0.29) is 5.78 Å². The van der Waals surface area contributed by atoms with Gasteiger partial charge in [-0.25, -0.2) is 8.42 Å². The first-order valence-corrected chi connectivity index (χ1v) is 8.35. The monoisotopic (exact) mass is 303 g/mol. The maximum absolute atomic E-state index is 12.4. The van der Waals surface area contributed by atoms with Crippen LogP contribution in [0, 0.1) is 13.8 Å². The van der Waals surface area contributed by atoms with Gasteiger partial charge in [-0.3, -0.25) is 9.52 Å². The number of nitrogens with one attached hydrogen (secondary N) is 1. The Labute approximate surface area is 124 Å². The molecule has 0 bridgehead atoms. The lowest BCUT2D eigenvalue weighted by molar-refractivity contribution is 0.103.